The van der Waals surface area contributed by atoms with Gasteiger partial charge in [-0.15, -0.1) is 0 Å². The zero-order valence-electron chi connectivity index (χ0n) is 9.80. The minimum atomic E-state index is -0.710. The van der Waals surface area contributed by atoms with Crippen LogP contribution in [-0.4, -0.2) is 14.9 Å². The SMILES string of the molecule is CC(C)n1ccc(CC(O)c2ccc(Cl)o2)n1. The van der Waals surface area contributed by atoms with Crippen LogP contribution >= 0.6 is 11.6 Å². The Hall–Kier alpha value is -1.26. The number of halogens is 1. The Morgan fingerprint density at radius 2 is 2.18 bits per heavy atom. The van der Waals surface area contributed by atoms with Crippen LogP contribution in [0.25, 0.3) is 0 Å². The van der Waals surface area contributed by atoms with Crippen molar-refractivity contribution in [1.29, 1.82) is 0 Å². The molecule has 2 rings (SSSR count). The Morgan fingerprint density at radius 1 is 1.41 bits per heavy atom. The summed E-state index contributed by atoms with van der Waals surface area (Å²) in [5.41, 5.74) is 0.832. The normalized spacial score (nSPS) is 13.2. The van der Waals surface area contributed by atoms with Crippen LogP contribution in [-0.2, 0) is 6.42 Å². The molecule has 0 spiro atoms. The summed E-state index contributed by atoms with van der Waals surface area (Å²) >= 11 is 5.66. The van der Waals surface area contributed by atoms with E-state index in [1.165, 1.54) is 0 Å². The third-order valence-electron chi connectivity index (χ3n) is 2.52. The van der Waals surface area contributed by atoms with Crippen LogP contribution in [0.15, 0.2) is 28.8 Å². The van der Waals surface area contributed by atoms with Crippen LogP contribution in [0.5, 0.6) is 0 Å². The summed E-state index contributed by atoms with van der Waals surface area (Å²) in [6, 6.07) is 5.51. The molecule has 0 bridgehead atoms. The molecule has 0 saturated heterocycles. The summed E-state index contributed by atoms with van der Waals surface area (Å²) in [4.78, 5) is 0. The monoisotopic (exact) mass is 254 g/mol. The van der Waals surface area contributed by atoms with Crippen molar-refractivity contribution in [3.8, 4) is 0 Å². The fraction of sp³-hybridized carbons (Fsp3) is 0.417. The average Bonchev–Trinajstić information content (AvgIpc) is 2.86. The van der Waals surface area contributed by atoms with E-state index in [4.69, 9.17) is 16.0 Å². The summed E-state index contributed by atoms with van der Waals surface area (Å²) in [5, 5.41) is 14.6. The lowest BCUT2D eigenvalue weighted by Gasteiger charge is -2.06. The lowest BCUT2D eigenvalue weighted by molar-refractivity contribution is 0.149. The zero-order chi connectivity index (χ0) is 12.4. The fourth-order valence-corrected chi connectivity index (χ4v) is 1.73. The first-order valence-electron chi connectivity index (χ1n) is 5.53. The van der Waals surface area contributed by atoms with Crippen molar-refractivity contribution in [1.82, 2.24) is 9.78 Å². The zero-order valence-corrected chi connectivity index (χ0v) is 10.6. The molecular formula is C12H15ClN2O2. The lowest BCUT2D eigenvalue weighted by atomic mass is 10.1. The molecular weight excluding hydrogens is 240 g/mol. The fourth-order valence-electron chi connectivity index (χ4n) is 1.58. The highest BCUT2D eigenvalue weighted by atomic mass is 35.5. The summed E-state index contributed by atoms with van der Waals surface area (Å²) in [6.07, 6.45) is 1.61. The number of rotatable bonds is 4. The van der Waals surface area contributed by atoms with Crippen LogP contribution < -0.4 is 0 Å². The molecule has 2 aromatic heterocycles. The highest BCUT2D eigenvalue weighted by Crippen LogP contribution is 2.22. The Morgan fingerprint density at radius 3 is 2.71 bits per heavy atom. The van der Waals surface area contributed by atoms with Gasteiger partial charge in [-0.3, -0.25) is 4.68 Å². The molecule has 92 valence electrons. The molecule has 5 heteroatoms. The number of aromatic nitrogens is 2. The summed E-state index contributed by atoms with van der Waals surface area (Å²) < 4.78 is 7.01. The standard InChI is InChI=1S/C12H15ClN2O2/c1-8(2)15-6-5-9(14-15)7-10(16)11-3-4-12(13)17-11/h3-6,8,10,16H,7H2,1-2H3. The molecule has 0 radical (unpaired) electrons. The van der Waals surface area contributed by atoms with E-state index in [-0.39, 0.29) is 5.22 Å². The summed E-state index contributed by atoms with van der Waals surface area (Å²) in [6.45, 7) is 4.11. The van der Waals surface area contributed by atoms with E-state index in [1.807, 2.05) is 16.9 Å². The van der Waals surface area contributed by atoms with Gasteiger partial charge in [0.1, 0.15) is 11.9 Å². The van der Waals surface area contributed by atoms with Gasteiger partial charge in [0, 0.05) is 18.7 Å². The van der Waals surface area contributed by atoms with Crippen LogP contribution in [0.3, 0.4) is 0 Å². The highest BCUT2D eigenvalue weighted by molar-refractivity contribution is 6.28. The first-order valence-corrected chi connectivity index (χ1v) is 5.91. The first-order chi connectivity index (χ1) is 8.06. The first kappa shape index (κ1) is 12.2. The number of furan rings is 1. The van der Waals surface area contributed by atoms with Crippen LogP contribution in [0, 0.1) is 0 Å². The average molecular weight is 255 g/mol. The smallest absolute Gasteiger partial charge is 0.193 e. The van der Waals surface area contributed by atoms with Gasteiger partial charge in [0.2, 0.25) is 0 Å². The topological polar surface area (TPSA) is 51.2 Å². The third kappa shape index (κ3) is 2.90. The Labute approximate surface area is 105 Å². The summed E-state index contributed by atoms with van der Waals surface area (Å²) in [7, 11) is 0. The Bertz CT molecular complexity index is 490. The van der Waals surface area contributed by atoms with Crippen molar-refractivity contribution in [3.63, 3.8) is 0 Å². The van der Waals surface area contributed by atoms with Crippen LogP contribution in [0.1, 0.15) is 37.4 Å². The van der Waals surface area contributed by atoms with Crippen molar-refractivity contribution in [2.75, 3.05) is 0 Å². The lowest BCUT2D eigenvalue weighted by Crippen LogP contribution is -2.04. The van der Waals surface area contributed by atoms with E-state index in [0.717, 1.165) is 5.69 Å². The van der Waals surface area contributed by atoms with E-state index in [0.29, 0.717) is 18.2 Å². The predicted octanol–water partition coefficient (Wildman–Crippen LogP) is 2.99. The largest absolute Gasteiger partial charge is 0.447 e. The molecule has 1 unspecified atom stereocenters. The van der Waals surface area contributed by atoms with Crippen LogP contribution in [0.4, 0.5) is 0 Å². The van der Waals surface area contributed by atoms with Gasteiger partial charge in [0.25, 0.3) is 0 Å². The van der Waals surface area contributed by atoms with Gasteiger partial charge in [-0.2, -0.15) is 5.10 Å². The Balaban J connectivity index is 2.05. The van der Waals surface area contributed by atoms with Crippen molar-refractivity contribution in [2.24, 2.45) is 0 Å². The van der Waals surface area contributed by atoms with Crippen LogP contribution in [0.2, 0.25) is 5.22 Å². The molecule has 0 aliphatic heterocycles. The molecule has 17 heavy (non-hydrogen) atoms. The van der Waals surface area contributed by atoms with E-state index in [2.05, 4.69) is 18.9 Å². The van der Waals surface area contributed by atoms with E-state index in [1.54, 1.807) is 12.1 Å². The van der Waals surface area contributed by atoms with Gasteiger partial charge >= 0.3 is 0 Å². The van der Waals surface area contributed by atoms with Crippen molar-refractivity contribution in [3.05, 3.63) is 41.1 Å². The molecule has 0 aliphatic rings. The number of aliphatic hydroxyl groups excluding tert-OH is 1. The molecule has 2 aromatic rings. The molecule has 0 aromatic carbocycles. The maximum atomic E-state index is 9.93. The molecule has 0 fully saturated rings. The number of hydrogen-bond acceptors (Lipinski definition) is 3. The molecule has 0 amide bonds. The molecule has 0 aliphatic carbocycles. The van der Waals surface area contributed by atoms with Gasteiger partial charge in [-0.05, 0) is 43.6 Å². The molecule has 1 N–H and O–H groups in total. The number of hydrogen-bond donors (Lipinski definition) is 1. The minimum Gasteiger partial charge on any atom is -0.447 e. The molecule has 2 heterocycles. The molecule has 1 atom stereocenters. The predicted molar refractivity (Wildman–Crippen MR) is 65.0 cm³/mol. The molecule has 0 saturated carbocycles. The van der Waals surface area contributed by atoms with Crippen molar-refractivity contribution in [2.45, 2.75) is 32.4 Å². The Kier molecular flexibility index (Phi) is 3.54. The minimum absolute atomic E-state index is 0.284. The van der Waals surface area contributed by atoms with E-state index in [9.17, 15) is 5.11 Å². The van der Waals surface area contributed by atoms with Gasteiger partial charge in [0.05, 0.1) is 5.69 Å². The second-order valence-corrected chi connectivity index (χ2v) is 4.62. The van der Waals surface area contributed by atoms with Gasteiger partial charge in [-0.25, -0.2) is 0 Å². The highest BCUT2D eigenvalue weighted by Gasteiger charge is 2.14. The second kappa shape index (κ2) is 4.94. The van der Waals surface area contributed by atoms with Gasteiger partial charge < -0.3 is 9.52 Å². The quantitative estimate of drug-likeness (QED) is 0.913. The molecule has 4 nitrogen and oxygen atoms in total. The maximum absolute atomic E-state index is 9.93. The van der Waals surface area contributed by atoms with Crippen molar-refractivity contribution < 1.29 is 9.52 Å². The second-order valence-electron chi connectivity index (χ2n) is 4.24. The summed E-state index contributed by atoms with van der Waals surface area (Å²) in [5.74, 6) is 0.467. The van der Waals surface area contributed by atoms with Gasteiger partial charge in [0.15, 0.2) is 5.22 Å². The maximum Gasteiger partial charge on any atom is 0.193 e. The number of aliphatic hydroxyl groups is 1. The number of nitrogens with zero attached hydrogens (tertiary/aromatic N) is 2. The van der Waals surface area contributed by atoms with E-state index < -0.39 is 6.10 Å². The van der Waals surface area contributed by atoms with Gasteiger partial charge in [-0.1, -0.05) is 0 Å². The third-order valence-corrected chi connectivity index (χ3v) is 2.72. The van der Waals surface area contributed by atoms with E-state index >= 15 is 0 Å². The van der Waals surface area contributed by atoms with Crippen molar-refractivity contribution >= 4 is 11.6 Å².